The third-order valence-corrected chi connectivity index (χ3v) is 2.75. The van der Waals surface area contributed by atoms with E-state index in [4.69, 9.17) is 15.2 Å². The molecule has 5 nitrogen and oxygen atoms in total. The molecule has 1 amide bonds. The van der Waals surface area contributed by atoms with Crippen LogP contribution in [0.2, 0.25) is 0 Å². The van der Waals surface area contributed by atoms with E-state index in [9.17, 15) is 4.79 Å². The number of nitrogen functional groups attached to an aromatic ring is 1. The second kappa shape index (κ2) is 8.43. The van der Waals surface area contributed by atoms with Crippen molar-refractivity contribution in [2.24, 2.45) is 5.92 Å². The summed E-state index contributed by atoms with van der Waals surface area (Å²) < 4.78 is 10.5. The van der Waals surface area contributed by atoms with E-state index in [-0.39, 0.29) is 12.5 Å². The van der Waals surface area contributed by atoms with E-state index in [1.165, 1.54) is 0 Å². The molecular weight excluding hydrogens is 256 g/mol. The number of nitrogens with two attached hydrogens (primary N) is 1. The number of rotatable bonds is 8. The first-order chi connectivity index (χ1) is 9.52. The summed E-state index contributed by atoms with van der Waals surface area (Å²) in [5.74, 6) is 1.02. The van der Waals surface area contributed by atoms with Crippen LogP contribution in [0.25, 0.3) is 0 Å². The van der Waals surface area contributed by atoms with E-state index in [0.717, 1.165) is 0 Å². The number of anilines is 1. The van der Waals surface area contributed by atoms with Crippen LogP contribution in [0.3, 0.4) is 0 Å². The van der Waals surface area contributed by atoms with E-state index in [0.29, 0.717) is 37.1 Å². The van der Waals surface area contributed by atoms with Gasteiger partial charge in [0.1, 0.15) is 5.75 Å². The first kappa shape index (κ1) is 16.3. The molecule has 1 aromatic rings. The van der Waals surface area contributed by atoms with E-state index in [2.05, 4.69) is 13.8 Å². The summed E-state index contributed by atoms with van der Waals surface area (Å²) in [4.78, 5) is 13.9. The minimum atomic E-state index is -0.0347. The van der Waals surface area contributed by atoms with Gasteiger partial charge in [0, 0.05) is 25.9 Å². The molecule has 112 valence electrons. The van der Waals surface area contributed by atoms with Gasteiger partial charge in [-0.3, -0.25) is 4.79 Å². The van der Waals surface area contributed by atoms with Crippen LogP contribution >= 0.6 is 0 Å². The van der Waals surface area contributed by atoms with Crippen molar-refractivity contribution in [3.05, 3.63) is 24.3 Å². The van der Waals surface area contributed by atoms with Crippen LogP contribution in [0.4, 0.5) is 5.69 Å². The molecule has 1 aromatic carbocycles. The number of ether oxygens (including phenoxy) is 2. The predicted octanol–water partition coefficient (Wildman–Crippen LogP) is 1.78. The summed E-state index contributed by atoms with van der Waals surface area (Å²) in [6, 6.07) is 7.00. The molecule has 2 N–H and O–H groups in total. The molecule has 0 radical (unpaired) electrons. The van der Waals surface area contributed by atoms with E-state index >= 15 is 0 Å². The van der Waals surface area contributed by atoms with E-state index in [1.54, 1.807) is 36.3 Å². The fourth-order valence-electron chi connectivity index (χ4n) is 1.76. The smallest absolute Gasteiger partial charge is 0.260 e. The van der Waals surface area contributed by atoms with Gasteiger partial charge in [-0.2, -0.15) is 0 Å². The lowest BCUT2D eigenvalue weighted by molar-refractivity contribution is -0.134. The van der Waals surface area contributed by atoms with Gasteiger partial charge in [-0.15, -0.1) is 0 Å². The van der Waals surface area contributed by atoms with Crippen LogP contribution in [0.1, 0.15) is 13.8 Å². The lowest BCUT2D eigenvalue weighted by Gasteiger charge is -2.24. The van der Waals surface area contributed by atoms with Crippen molar-refractivity contribution in [2.45, 2.75) is 13.8 Å². The van der Waals surface area contributed by atoms with Crippen molar-refractivity contribution in [3.8, 4) is 5.75 Å². The Kier molecular flexibility index (Phi) is 6.87. The summed E-state index contributed by atoms with van der Waals surface area (Å²) in [5, 5.41) is 0. The minimum absolute atomic E-state index is 0.0281. The zero-order valence-corrected chi connectivity index (χ0v) is 12.5. The molecule has 0 saturated carbocycles. The highest BCUT2D eigenvalue weighted by molar-refractivity contribution is 5.77. The van der Waals surface area contributed by atoms with Gasteiger partial charge in [-0.1, -0.05) is 13.8 Å². The van der Waals surface area contributed by atoms with Crippen LogP contribution in [0.15, 0.2) is 24.3 Å². The van der Waals surface area contributed by atoms with Gasteiger partial charge < -0.3 is 20.1 Å². The number of hydrogen-bond donors (Lipinski definition) is 1. The molecule has 0 aromatic heterocycles. The van der Waals surface area contributed by atoms with Gasteiger partial charge in [0.15, 0.2) is 6.61 Å². The number of nitrogens with zero attached hydrogens (tertiary/aromatic N) is 1. The quantitative estimate of drug-likeness (QED) is 0.737. The van der Waals surface area contributed by atoms with E-state index in [1.807, 2.05) is 0 Å². The van der Waals surface area contributed by atoms with Crippen LogP contribution in [-0.2, 0) is 9.53 Å². The minimum Gasteiger partial charge on any atom is -0.484 e. The van der Waals surface area contributed by atoms with Crippen molar-refractivity contribution in [1.29, 1.82) is 0 Å². The standard InChI is InChI=1S/C15H24N2O3/c1-12(2)10-17(8-9-19-3)15(18)11-20-14-6-4-13(16)5-7-14/h4-7,12H,8-11,16H2,1-3H3. The average Bonchev–Trinajstić information content (AvgIpc) is 2.42. The molecule has 0 unspecified atom stereocenters. The predicted molar refractivity (Wildman–Crippen MR) is 79.6 cm³/mol. The van der Waals surface area contributed by atoms with Gasteiger partial charge in [-0.05, 0) is 30.2 Å². The number of hydrogen-bond acceptors (Lipinski definition) is 4. The maximum absolute atomic E-state index is 12.1. The lowest BCUT2D eigenvalue weighted by Crippen LogP contribution is -2.39. The Morgan fingerprint density at radius 2 is 1.95 bits per heavy atom. The fourth-order valence-corrected chi connectivity index (χ4v) is 1.76. The topological polar surface area (TPSA) is 64.8 Å². The number of benzene rings is 1. The lowest BCUT2D eigenvalue weighted by atomic mass is 10.2. The Balaban J connectivity index is 2.49. The normalized spacial score (nSPS) is 10.6. The second-order valence-electron chi connectivity index (χ2n) is 5.08. The molecule has 0 bridgehead atoms. The molecule has 1 rings (SSSR count). The third-order valence-electron chi connectivity index (χ3n) is 2.75. The number of methoxy groups -OCH3 is 1. The largest absolute Gasteiger partial charge is 0.484 e. The Labute approximate surface area is 120 Å². The van der Waals surface area contributed by atoms with Gasteiger partial charge in [-0.25, -0.2) is 0 Å². The Bertz CT molecular complexity index is 404. The third kappa shape index (κ3) is 5.93. The van der Waals surface area contributed by atoms with Gasteiger partial charge in [0.2, 0.25) is 0 Å². The number of carbonyl (C=O) groups excluding carboxylic acids is 1. The van der Waals surface area contributed by atoms with Gasteiger partial charge in [0.25, 0.3) is 5.91 Å². The summed E-state index contributed by atoms with van der Waals surface area (Å²) >= 11 is 0. The fraction of sp³-hybridized carbons (Fsp3) is 0.533. The Morgan fingerprint density at radius 3 is 2.50 bits per heavy atom. The maximum atomic E-state index is 12.1. The van der Waals surface area contributed by atoms with Crippen molar-refractivity contribution < 1.29 is 14.3 Å². The number of amides is 1. The van der Waals surface area contributed by atoms with Crippen LogP contribution in [0, 0.1) is 5.92 Å². The van der Waals surface area contributed by atoms with Crippen molar-refractivity contribution in [3.63, 3.8) is 0 Å². The van der Waals surface area contributed by atoms with Crippen molar-refractivity contribution in [1.82, 2.24) is 4.90 Å². The Hall–Kier alpha value is -1.75. The molecule has 0 saturated heterocycles. The first-order valence-corrected chi connectivity index (χ1v) is 6.78. The van der Waals surface area contributed by atoms with Crippen LogP contribution in [0.5, 0.6) is 5.75 Å². The zero-order valence-electron chi connectivity index (χ0n) is 12.5. The van der Waals surface area contributed by atoms with Crippen molar-refractivity contribution in [2.75, 3.05) is 39.1 Å². The molecule has 0 heterocycles. The SMILES string of the molecule is COCCN(CC(C)C)C(=O)COc1ccc(N)cc1. The van der Waals surface area contributed by atoms with E-state index < -0.39 is 0 Å². The summed E-state index contributed by atoms with van der Waals surface area (Å²) in [7, 11) is 1.63. The highest BCUT2D eigenvalue weighted by Crippen LogP contribution is 2.13. The molecule has 0 atom stereocenters. The summed E-state index contributed by atoms with van der Waals surface area (Å²) in [6.45, 7) is 5.99. The number of carbonyl (C=O) groups is 1. The van der Waals surface area contributed by atoms with Crippen LogP contribution in [-0.4, -0.2) is 44.2 Å². The molecular formula is C15H24N2O3. The molecule has 0 spiro atoms. The average molecular weight is 280 g/mol. The molecule has 20 heavy (non-hydrogen) atoms. The molecule has 0 aliphatic heterocycles. The van der Waals surface area contributed by atoms with Gasteiger partial charge in [0.05, 0.1) is 6.61 Å². The van der Waals surface area contributed by atoms with Gasteiger partial charge >= 0.3 is 0 Å². The second-order valence-corrected chi connectivity index (χ2v) is 5.08. The van der Waals surface area contributed by atoms with Crippen molar-refractivity contribution >= 4 is 11.6 Å². The molecule has 5 heteroatoms. The molecule has 0 fully saturated rings. The molecule has 0 aliphatic carbocycles. The molecule has 0 aliphatic rings. The van der Waals surface area contributed by atoms with Crippen LogP contribution < -0.4 is 10.5 Å². The first-order valence-electron chi connectivity index (χ1n) is 6.78. The highest BCUT2D eigenvalue weighted by Gasteiger charge is 2.15. The monoisotopic (exact) mass is 280 g/mol. The highest BCUT2D eigenvalue weighted by atomic mass is 16.5. The zero-order chi connectivity index (χ0) is 15.0. The Morgan fingerprint density at radius 1 is 1.30 bits per heavy atom. The maximum Gasteiger partial charge on any atom is 0.260 e. The summed E-state index contributed by atoms with van der Waals surface area (Å²) in [6.07, 6.45) is 0. The summed E-state index contributed by atoms with van der Waals surface area (Å²) in [5.41, 5.74) is 6.27.